The van der Waals surface area contributed by atoms with Crippen LogP contribution in [0.3, 0.4) is 0 Å². The first kappa shape index (κ1) is 17.5. The van der Waals surface area contributed by atoms with Gasteiger partial charge in [0.05, 0.1) is 18.4 Å². The molecule has 0 bridgehead atoms. The van der Waals surface area contributed by atoms with Crippen molar-refractivity contribution in [2.24, 2.45) is 17.8 Å². The molecule has 120 valence electrons. The highest BCUT2D eigenvalue weighted by Gasteiger charge is 2.42. The molecule has 1 fully saturated rings. The summed E-state index contributed by atoms with van der Waals surface area (Å²) in [5.74, 6) is -2.14. The Morgan fingerprint density at radius 2 is 1.71 bits per heavy atom. The Balaban J connectivity index is 2.84. The SMILES string of the molecule is CCCN(CC(=O)N(C)C)C(=O)[C@H]1CC(C)C[C@H]1C(=O)O. The number of carboxylic acid groups (broad SMARTS) is 1. The Morgan fingerprint density at radius 1 is 1.14 bits per heavy atom. The van der Waals surface area contributed by atoms with Gasteiger partial charge in [0.15, 0.2) is 0 Å². The Morgan fingerprint density at radius 3 is 2.19 bits per heavy atom. The van der Waals surface area contributed by atoms with Crippen LogP contribution in [0.1, 0.15) is 33.1 Å². The molecule has 0 heterocycles. The van der Waals surface area contributed by atoms with E-state index in [0.29, 0.717) is 19.4 Å². The van der Waals surface area contributed by atoms with Crippen molar-refractivity contribution in [3.05, 3.63) is 0 Å². The maximum atomic E-state index is 12.6. The number of carbonyl (C=O) groups is 3. The largest absolute Gasteiger partial charge is 0.481 e. The summed E-state index contributed by atoms with van der Waals surface area (Å²) in [5.41, 5.74) is 0. The van der Waals surface area contributed by atoms with Gasteiger partial charge in [0.25, 0.3) is 0 Å². The second-order valence-electron chi connectivity index (χ2n) is 6.18. The summed E-state index contributed by atoms with van der Waals surface area (Å²) >= 11 is 0. The zero-order valence-electron chi connectivity index (χ0n) is 13.3. The Hall–Kier alpha value is -1.59. The molecule has 1 N–H and O–H groups in total. The number of aliphatic carboxylic acids is 1. The number of nitrogens with zero attached hydrogens (tertiary/aromatic N) is 2. The van der Waals surface area contributed by atoms with E-state index in [0.717, 1.165) is 6.42 Å². The molecule has 2 amide bonds. The minimum atomic E-state index is -0.909. The standard InChI is InChI=1S/C15H26N2O4/c1-5-6-17(9-13(18)16(3)4)14(19)11-7-10(2)8-12(11)15(20)21/h10-12H,5-9H2,1-4H3,(H,20,21)/t10?,11-,12+/m0/s1. The second-order valence-corrected chi connectivity index (χ2v) is 6.18. The van der Waals surface area contributed by atoms with E-state index in [2.05, 4.69) is 0 Å². The first-order valence-corrected chi connectivity index (χ1v) is 7.49. The lowest BCUT2D eigenvalue weighted by Gasteiger charge is -2.27. The maximum absolute atomic E-state index is 12.6. The third-order valence-electron chi connectivity index (χ3n) is 4.06. The fraction of sp³-hybridized carbons (Fsp3) is 0.800. The van der Waals surface area contributed by atoms with Gasteiger partial charge in [0, 0.05) is 20.6 Å². The van der Waals surface area contributed by atoms with Gasteiger partial charge in [0.2, 0.25) is 11.8 Å². The van der Waals surface area contributed by atoms with E-state index < -0.39 is 17.8 Å². The number of hydrogen-bond donors (Lipinski definition) is 1. The molecule has 1 aliphatic carbocycles. The molecule has 0 saturated heterocycles. The summed E-state index contributed by atoms with van der Waals surface area (Å²) in [5, 5.41) is 9.29. The van der Waals surface area contributed by atoms with Gasteiger partial charge in [-0.15, -0.1) is 0 Å². The topological polar surface area (TPSA) is 77.9 Å². The van der Waals surface area contributed by atoms with E-state index in [9.17, 15) is 19.5 Å². The number of hydrogen-bond acceptors (Lipinski definition) is 3. The molecule has 21 heavy (non-hydrogen) atoms. The number of rotatable bonds is 6. The quantitative estimate of drug-likeness (QED) is 0.795. The predicted molar refractivity (Wildman–Crippen MR) is 78.6 cm³/mol. The normalized spacial score (nSPS) is 24.7. The number of likely N-dealkylation sites (N-methyl/N-ethyl adjacent to an activating group) is 1. The fourth-order valence-corrected chi connectivity index (χ4v) is 2.91. The average molecular weight is 298 g/mol. The van der Waals surface area contributed by atoms with Crippen LogP contribution in [0.5, 0.6) is 0 Å². The van der Waals surface area contributed by atoms with E-state index in [1.54, 1.807) is 14.1 Å². The van der Waals surface area contributed by atoms with Crippen molar-refractivity contribution < 1.29 is 19.5 Å². The Bertz CT molecular complexity index is 408. The highest BCUT2D eigenvalue weighted by Crippen LogP contribution is 2.37. The van der Waals surface area contributed by atoms with Gasteiger partial charge in [-0.3, -0.25) is 14.4 Å². The van der Waals surface area contributed by atoms with E-state index in [1.807, 2.05) is 13.8 Å². The third kappa shape index (κ3) is 4.44. The van der Waals surface area contributed by atoms with Crippen LogP contribution in [0.2, 0.25) is 0 Å². The van der Waals surface area contributed by atoms with E-state index in [1.165, 1.54) is 9.80 Å². The Kier molecular flexibility index (Phi) is 6.18. The van der Waals surface area contributed by atoms with Gasteiger partial charge < -0.3 is 14.9 Å². The molecule has 0 aromatic carbocycles. The van der Waals surface area contributed by atoms with Crippen LogP contribution in [0.4, 0.5) is 0 Å². The molecule has 6 heteroatoms. The van der Waals surface area contributed by atoms with Gasteiger partial charge in [-0.05, 0) is 25.2 Å². The molecule has 0 aliphatic heterocycles. The van der Waals surface area contributed by atoms with Crippen molar-refractivity contribution in [2.75, 3.05) is 27.2 Å². The van der Waals surface area contributed by atoms with Gasteiger partial charge in [-0.1, -0.05) is 13.8 Å². The molecule has 0 radical (unpaired) electrons. The van der Waals surface area contributed by atoms with Crippen LogP contribution in [0, 0.1) is 17.8 Å². The predicted octanol–water partition coefficient (Wildman–Crippen LogP) is 1.06. The van der Waals surface area contributed by atoms with Crippen LogP contribution in [-0.2, 0) is 14.4 Å². The molecule has 6 nitrogen and oxygen atoms in total. The summed E-state index contributed by atoms with van der Waals surface area (Å²) < 4.78 is 0. The van der Waals surface area contributed by atoms with Crippen molar-refractivity contribution >= 4 is 17.8 Å². The number of amides is 2. The van der Waals surface area contributed by atoms with Gasteiger partial charge >= 0.3 is 5.97 Å². The van der Waals surface area contributed by atoms with Crippen LogP contribution < -0.4 is 0 Å². The molecular weight excluding hydrogens is 272 g/mol. The third-order valence-corrected chi connectivity index (χ3v) is 4.06. The minimum absolute atomic E-state index is 0.0247. The molecular formula is C15H26N2O4. The highest BCUT2D eigenvalue weighted by molar-refractivity contribution is 5.89. The monoisotopic (exact) mass is 298 g/mol. The highest BCUT2D eigenvalue weighted by atomic mass is 16.4. The van der Waals surface area contributed by atoms with E-state index in [4.69, 9.17) is 0 Å². The zero-order valence-corrected chi connectivity index (χ0v) is 13.3. The molecule has 0 aromatic rings. The van der Waals surface area contributed by atoms with Crippen molar-refractivity contribution in [1.29, 1.82) is 0 Å². The number of carbonyl (C=O) groups excluding carboxylic acids is 2. The molecule has 3 atom stereocenters. The average Bonchev–Trinajstić information content (AvgIpc) is 2.79. The minimum Gasteiger partial charge on any atom is -0.481 e. The van der Waals surface area contributed by atoms with Gasteiger partial charge in [0.1, 0.15) is 0 Å². The van der Waals surface area contributed by atoms with E-state index in [-0.39, 0.29) is 24.3 Å². The summed E-state index contributed by atoms with van der Waals surface area (Å²) in [7, 11) is 3.29. The van der Waals surface area contributed by atoms with Gasteiger partial charge in [-0.25, -0.2) is 0 Å². The van der Waals surface area contributed by atoms with Crippen molar-refractivity contribution in [1.82, 2.24) is 9.80 Å². The Labute approximate surface area is 126 Å². The molecule has 0 spiro atoms. The lowest BCUT2D eigenvalue weighted by atomic mass is 9.94. The van der Waals surface area contributed by atoms with Gasteiger partial charge in [-0.2, -0.15) is 0 Å². The molecule has 1 rings (SSSR count). The number of carboxylic acids is 1. The zero-order chi connectivity index (χ0) is 16.2. The summed E-state index contributed by atoms with van der Waals surface area (Å²) in [6.07, 6.45) is 1.87. The molecule has 1 aliphatic rings. The lowest BCUT2D eigenvalue weighted by molar-refractivity contribution is -0.150. The second kappa shape index (κ2) is 7.43. The first-order chi connectivity index (χ1) is 9.77. The van der Waals surface area contributed by atoms with E-state index >= 15 is 0 Å². The van der Waals surface area contributed by atoms with Crippen molar-refractivity contribution in [3.8, 4) is 0 Å². The van der Waals surface area contributed by atoms with Crippen LogP contribution in [0.25, 0.3) is 0 Å². The molecule has 1 saturated carbocycles. The maximum Gasteiger partial charge on any atom is 0.307 e. The summed E-state index contributed by atoms with van der Waals surface area (Å²) in [6, 6.07) is 0. The van der Waals surface area contributed by atoms with Crippen LogP contribution in [0.15, 0.2) is 0 Å². The molecule has 0 aromatic heterocycles. The first-order valence-electron chi connectivity index (χ1n) is 7.49. The smallest absolute Gasteiger partial charge is 0.307 e. The fourth-order valence-electron chi connectivity index (χ4n) is 2.91. The summed E-state index contributed by atoms with van der Waals surface area (Å²) in [4.78, 5) is 38.8. The summed E-state index contributed by atoms with van der Waals surface area (Å²) in [6.45, 7) is 4.41. The lowest BCUT2D eigenvalue weighted by Crippen LogP contribution is -2.44. The van der Waals surface area contributed by atoms with Crippen molar-refractivity contribution in [2.45, 2.75) is 33.1 Å². The molecule has 1 unspecified atom stereocenters. The van der Waals surface area contributed by atoms with Crippen LogP contribution in [-0.4, -0.2) is 59.9 Å². The van der Waals surface area contributed by atoms with Crippen molar-refractivity contribution in [3.63, 3.8) is 0 Å². The van der Waals surface area contributed by atoms with Crippen LogP contribution >= 0.6 is 0 Å².